The van der Waals surface area contributed by atoms with Gasteiger partial charge in [0.25, 0.3) is 0 Å². The van der Waals surface area contributed by atoms with E-state index in [1.54, 1.807) is 0 Å². The highest BCUT2D eigenvalue weighted by molar-refractivity contribution is 9.10. The molecule has 1 aliphatic carbocycles. The lowest BCUT2D eigenvalue weighted by molar-refractivity contribution is 0.133. The maximum absolute atomic E-state index is 6.39. The molecule has 0 bridgehead atoms. The molecule has 1 unspecified atom stereocenters. The van der Waals surface area contributed by atoms with Crippen molar-refractivity contribution in [1.82, 2.24) is 0 Å². The van der Waals surface area contributed by atoms with Gasteiger partial charge >= 0.3 is 0 Å². The molecule has 0 heterocycles. The molecule has 0 saturated heterocycles. The van der Waals surface area contributed by atoms with Crippen molar-refractivity contribution < 1.29 is 4.74 Å². The Bertz CT molecular complexity index is 467. The molecule has 0 amide bonds. The number of hydrogen-bond donors (Lipinski definition) is 1. The maximum atomic E-state index is 6.39. The van der Waals surface area contributed by atoms with Crippen molar-refractivity contribution in [3.63, 3.8) is 0 Å². The molecule has 1 atom stereocenters. The topological polar surface area (TPSA) is 35.2 Å². The third-order valence-electron chi connectivity index (χ3n) is 4.57. The summed E-state index contributed by atoms with van der Waals surface area (Å²) in [6.45, 7) is 6.61. The van der Waals surface area contributed by atoms with Crippen LogP contribution in [0.25, 0.3) is 0 Å². The summed E-state index contributed by atoms with van der Waals surface area (Å²) in [6.07, 6.45) is 7.17. The highest BCUT2D eigenvalue weighted by Crippen LogP contribution is 2.33. The fourth-order valence-electron chi connectivity index (χ4n) is 3.06. The molecule has 0 spiro atoms. The standard InChI is InChI=1S/C18H28BrNO/c1-4-16(20)11-14-10-15(19)9-13(3)18(14)21-17-7-5-12(2)6-8-17/h9-10,12,16-17H,4-8,11,20H2,1-3H3. The van der Waals surface area contributed by atoms with E-state index in [1.807, 2.05) is 0 Å². The molecule has 1 aromatic carbocycles. The van der Waals surface area contributed by atoms with Crippen LogP contribution in [0.5, 0.6) is 5.75 Å². The minimum Gasteiger partial charge on any atom is -0.490 e. The molecule has 1 saturated carbocycles. The van der Waals surface area contributed by atoms with Crippen LogP contribution < -0.4 is 10.5 Å². The van der Waals surface area contributed by atoms with E-state index in [-0.39, 0.29) is 6.04 Å². The van der Waals surface area contributed by atoms with E-state index in [0.29, 0.717) is 6.10 Å². The highest BCUT2D eigenvalue weighted by atomic mass is 79.9. The lowest BCUT2D eigenvalue weighted by atomic mass is 9.89. The minimum atomic E-state index is 0.201. The second-order valence-corrected chi connectivity index (χ2v) is 7.50. The molecular weight excluding hydrogens is 326 g/mol. The van der Waals surface area contributed by atoms with Crippen LogP contribution in [0.4, 0.5) is 0 Å². The molecular formula is C18H28BrNO. The predicted molar refractivity (Wildman–Crippen MR) is 92.9 cm³/mol. The van der Waals surface area contributed by atoms with Gasteiger partial charge in [0, 0.05) is 10.5 Å². The normalized spacial score (nSPS) is 23.9. The third-order valence-corrected chi connectivity index (χ3v) is 5.03. The highest BCUT2D eigenvalue weighted by Gasteiger charge is 2.22. The van der Waals surface area contributed by atoms with Gasteiger partial charge in [0.2, 0.25) is 0 Å². The van der Waals surface area contributed by atoms with Crippen LogP contribution in [0, 0.1) is 12.8 Å². The summed E-state index contributed by atoms with van der Waals surface area (Å²) < 4.78 is 7.50. The summed E-state index contributed by atoms with van der Waals surface area (Å²) in [5, 5.41) is 0. The minimum absolute atomic E-state index is 0.201. The van der Waals surface area contributed by atoms with E-state index in [9.17, 15) is 0 Å². The van der Waals surface area contributed by atoms with Crippen LogP contribution in [0.3, 0.4) is 0 Å². The molecule has 0 radical (unpaired) electrons. The smallest absolute Gasteiger partial charge is 0.125 e. The van der Waals surface area contributed by atoms with Crippen LogP contribution in [-0.4, -0.2) is 12.1 Å². The van der Waals surface area contributed by atoms with Gasteiger partial charge in [-0.2, -0.15) is 0 Å². The number of benzene rings is 1. The Labute approximate surface area is 137 Å². The number of ether oxygens (including phenoxy) is 1. The first-order valence-corrected chi connectivity index (χ1v) is 9.00. The summed E-state index contributed by atoms with van der Waals surface area (Å²) >= 11 is 3.60. The van der Waals surface area contributed by atoms with Crippen molar-refractivity contribution in [2.75, 3.05) is 0 Å². The molecule has 2 N–H and O–H groups in total. The van der Waals surface area contributed by atoms with Crippen LogP contribution in [-0.2, 0) is 6.42 Å². The zero-order valence-corrected chi connectivity index (χ0v) is 15.1. The second kappa shape index (κ2) is 7.64. The van der Waals surface area contributed by atoms with Gasteiger partial charge in [0.15, 0.2) is 0 Å². The first kappa shape index (κ1) is 16.8. The molecule has 21 heavy (non-hydrogen) atoms. The third kappa shape index (κ3) is 4.72. The Kier molecular flexibility index (Phi) is 6.12. The number of halogens is 1. The van der Waals surface area contributed by atoms with E-state index < -0.39 is 0 Å². The van der Waals surface area contributed by atoms with E-state index in [2.05, 4.69) is 48.8 Å². The number of hydrogen-bond acceptors (Lipinski definition) is 2. The summed E-state index contributed by atoms with van der Waals surface area (Å²) in [6, 6.07) is 4.51. The zero-order valence-electron chi connectivity index (χ0n) is 13.5. The molecule has 118 valence electrons. The van der Waals surface area contributed by atoms with Crippen LogP contribution >= 0.6 is 15.9 Å². The summed E-state index contributed by atoms with van der Waals surface area (Å²) in [7, 11) is 0. The average Bonchev–Trinajstić information content (AvgIpc) is 2.44. The largest absolute Gasteiger partial charge is 0.490 e. The van der Waals surface area contributed by atoms with Crippen LogP contribution in [0.1, 0.15) is 57.1 Å². The Morgan fingerprint density at radius 1 is 1.29 bits per heavy atom. The van der Waals surface area contributed by atoms with Crippen molar-refractivity contribution in [2.24, 2.45) is 11.7 Å². The molecule has 3 heteroatoms. The van der Waals surface area contributed by atoms with Gasteiger partial charge in [-0.05, 0) is 74.6 Å². The number of aryl methyl sites for hydroxylation is 1. The lowest BCUT2D eigenvalue weighted by Crippen LogP contribution is -2.25. The second-order valence-electron chi connectivity index (χ2n) is 6.58. The molecule has 1 fully saturated rings. The van der Waals surface area contributed by atoms with Crippen molar-refractivity contribution in [3.05, 3.63) is 27.7 Å². The van der Waals surface area contributed by atoms with E-state index in [1.165, 1.54) is 36.8 Å². The Morgan fingerprint density at radius 3 is 2.57 bits per heavy atom. The first-order valence-electron chi connectivity index (χ1n) is 8.20. The van der Waals surface area contributed by atoms with E-state index in [4.69, 9.17) is 10.5 Å². The molecule has 1 aliphatic rings. The van der Waals surface area contributed by atoms with Gasteiger partial charge in [0.05, 0.1) is 6.10 Å². The Balaban J connectivity index is 2.16. The Morgan fingerprint density at radius 2 is 1.95 bits per heavy atom. The average molecular weight is 354 g/mol. The van der Waals surface area contributed by atoms with Gasteiger partial charge in [-0.1, -0.05) is 29.8 Å². The van der Waals surface area contributed by atoms with Gasteiger partial charge in [0.1, 0.15) is 5.75 Å². The van der Waals surface area contributed by atoms with Crippen molar-refractivity contribution in [1.29, 1.82) is 0 Å². The molecule has 0 aliphatic heterocycles. The molecule has 2 rings (SSSR count). The lowest BCUT2D eigenvalue weighted by Gasteiger charge is -2.29. The van der Waals surface area contributed by atoms with Crippen molar-refractivity contribution in [2.45, 2.75) is 71.4 Å². The summed E-state index contributed by atoms with van der Waals surface area (Å²) in [5.74, 6) is 1.92. The zero-order chi connectivity index (χ0) is 15.4. The van der Waals surface area contributed by atoms with Crippen LogP contribution in [0.15, 0.2) is 16.6 Å². The molecule has 2 nitrogen and oxygen atoms in total. The Hall–Kier alpha value is -0.540. The summed E-state index contributed by atoms with van der Waals surface area (Å²) in [4.78, 5) is 0. The number of nitrogens with two attached hydrogens (primary N) is 1. The quantitative estimate of drug-likeness (QED) is 0.808. The van der Waals surface area contributed by atoms with Gasteiger partial charge < -0.3 is 10.5 Å². The van der Waals surface area contributed by atoms with E-state index >= 15 is 0 Å². The molecule has 1 aromatic rings. The predicted octanol–water partition coefficient (Wildman–Crippen LogP) is 4.99. The van der Waals surface area contributed by atoms with Gasteiger partial charge in [-0.15, -0.1) is 0 Å². The fraction of sp³-hybridized carbons (Fsp3) is 0.667. The van der Waals surface area contributed by atoms with Crippen molar-refractivity contribution >= 4 is 15.9 Å². The fourth-order valence-corrected chi connectivity index (χ4v) is 3.68. The SMILES string of the molecule is CCC(N)Cc1cc(Br)cc(C)c1OC1CCC(C)CC1. The van der Waals surface area contributed by atoms with E-state index in [0.717, 1.165) is 29.0 Å². The number of rotatable bonds is 5. The van der Waals surface area contributed by atoms with Crippen LogP contribution in [0.2, 0.25) is 0 Å². The monoisotopic (exact) mass is 353 g/mol. The van der Waals surface area contributed by atoms with Crippen molar-refractivity contribution in [3.8, 4) is 5.75 Å². The molecule has 0 aromatic heterocycles. The van der Waals surface area contributed by atoms with Gasteiger partial charge in [-0.25, -0.2) is 0 Å². The first-order chi connectivity index (χ1) is 9.99. The summed E-state index contributed by atoms with van der Waals surface area (Å²) in [5.41, 5.74) is 8.61. The maximum Gasteiger partial charge on any atom is 0.125 e. The van der Waals surface area contributed by atoms with Gasteiger partial charge in [-0.3, -0.25) is 0 Å².